The Bertz CT molecular complexity index is 540. The summed E-state index contributed by atoms with van der Waals surface area (Å²) >= 11 is 0. The number of aliphatic carboxylic acids is 1. The molecule has 1 aromatic rings. The fraction of sp³-hybridized carbons (Fsp3) is 0.462. The van der Waals surface area contributed by atoms with Crippen LogP contribution in [0, 0.1) is 0 Å². The van der Waals surface area contributed by atoms with Gasteiger partial charge in [0.2, 0.25) is 10.0 Å². The van der Waals surface area contributed by atoms with Crippen LogP contribution >= 0.6 is 0 Å². The Labute approximate surface area is 119 Å². The van der Waals surface area contributed by atoms with Gasteiger partial charge in [-0.1, -0.05) is 13.3 Å². The van der Waals surface area contributed by atoms with Gasteiger partial charge in [0.1, 0.15) is 0 Å². The number of hydrogen-bond acceptors (Lipinski definition) is 4. The lowest BCUT2D eigenvalue weighted by atomic mass is 10.1. The highest BCUT2D eigenvalue weighted by molar-refractivity contribution is 7.89. The highest BCUT2D eigenvalue weighted by Crippen LogP contribution is 2.16. The van der Waals surface area contributed by atoms with Crippen molar-refractivity contribution >= 4 is 21.7 Å². The number of carboxylic acid groups (broad SMARTS) is 1. The van der Waals surface area contributed by atoms with Crippen LogP contribution < -0.4 is 10.0 Å². The highest BCUT2D eigenvalue weighted by atomic mass is 32.2. The smallest absolute Gasteiger partial charge is 0.305 e. The van der Waals surface area contributed by atoms with E-state index in [4.69, 9.17) is 5.11 Å². The average molecular weight is 300 g/mol. The van der Waals surface area contributed by atoms with Crippen molar-refractivity contribution in [3.05, 3.63) is 24.3 Å². The van der Waals surface area contributed by atoms with Crippen LogP contribution in [0.3, 0.4) is 0 Å². The van der Waals surface area contributed by atoms with Gasteiger partial charge < -0.3 is 10.4 Å². The maximum atomic E-state index is 11.6. The second kappa shape index (κ2) is 7.25. The molecular weight excluding hydrogens is 280 g/mol. The maximum Gasteiger partial charge on any atom is 0.305 e. The second-order valence-electron chi connectivity index (χ2n) is 4.46. The van der Waals surface area contributed by atoms with Crippen molar-refractivity contribution in [2.45, 2.75) is 37.1 Å². The summed E-state index contributed by atoms with van der Waals surface area (Å²) in [6, 6.07) is 6.07. The maximum absolute atomic E-state index is 11.6. The summed E-state index contributed by atoms with van der Waals surface area (Å²) in [5.41, 5.74) is 0.708. The molecule has 1 unspecified atom stereocenters. The molecular formula is C13H20N2O4S. The minimum atomic E-state index is -3.44. The Morgan fingerprint density at radius 3 is 2.35 bits per heavy atom. The number of carbonyl (C=O) groups is 1. The van der Waals surface area contributed by atoms with Crippen LogP contribution in [0.2, 0.25) is 0 Å². The number of nitrogens with one attached hydrogen (secondary N) is 2. The molecule has 0 fully saturated rings. The fourth-order valence-corrected chi connectivity index (χ4v) is 2.60. The van der Waals surface area contributed by atoms with Crippen molar-refractivity contribution in [2.24, 2.45) is 0 Å². The zero-order chi connectivity index (χ0) is 15.2. The zero-order valence-corrected chi connectivity index (χ0v) is 12.4. The highest BCUT2D eigenvalue weighted by Gasteiger charge is 2.14. The molecule has 0 radical (unpaired) electrons. The van der Waals surface area contributed by atoms with Crippen molar-refractivity contribution in [3.63, 3.8) is 0 Å². The van der Waals surface area contributed by atoms with Gasteiger partial charge in [0.15, 0.2) is 0 Å². The Morgan fingerprint density at radius 1 is 1.30 bits per heavy atom. The molecule has 1 aromatic carbocycles. The first-order valence-corrected chi connectivity index (χ1v) is 7.89. The van der Waals surface area contributed by atoms with Crippen LogP contribution in [0.25, 0.3) is 0 Å². The first-order valence-electron chi connectivity index (χ1n) is 6.41. The van der Waals surface area contributed by atoms with E-state index in [-0.39, 0.29) is 17.4 Å². The lowest BCUT2D eigenvalue weighted by molar-refractivity contribution is -0.137. The van der Waals surface area contributed by atoms with Crippen molar-refractivity contribution in [3.8, 4) is 0 Å². The number of hydrogen-bond donors (Lipinski definition) is 3. The molecule has 0 saturated heterocycles. The summed E-state index contributed by atoms with van der Waals surface area (Å²) in [7, 11) is -2.09. The van der Waals surface area contributed by atoms with Crippen molar-refractivity contribution in [1.82, 2.24) is 4.72 Å². The Kier molecular flexibility index (Phi) is 5.97. The van der Waals surface area contributed by atoms with Crippen LogP contribution in [0.1, 0.15) is 26.2 Å². The first-order chi connectivity index (χ1) is 9.39. The van der Waals surface area contributed by atoms with Crippen LogP contribution in [0.5, 0.6) is 0 Å². The zero-order valence-electron chi connectivity index (χ0n) is 11.6. The standard InChI is InChI=1S/C13H20N2O4S/c1-3-4-11(9-13(16)17)15-10-5-7-12(8-6-10)20(18,19)14-2/h5-8,11,14-15H,3-4,9H2,1-2H3,(H,16,17). The predicted molar refractivity (Wildman–Crippen MR) is 77.3 cm³/mol. The molecule has 0 saturated carbocycles. The molecule has 0 aliphatic rings. The summed E-state index contributed by atoms with van der Waals surface area (Å²) in [5.74, 6) is -0.856. The third-order valence-corrected chi connectivity index (χ3v) is 4.29. The van der Waals surface area contributed by atoms with Gasteiger partial charge in [-0.15, -0.1) is 0 Å². The molecule has 1 atom stereocenters. The van der Waals surface area contributed by atoms with Crippen molar-refractivity contribution in [2.75, 3.05) is 12.4 Å². The van der Waals surface area contributed by atoms with E-state index >= 15 is 0 Å². The molecule has 0 aliphatic carbocycles. The molecule has 20 heavy (non-hydrogen) atoms. The van der Waals surface area contributed by atoms with E-state index in [0.29, 0.717) is 5.69 Å². The third-order valence-electron chi connectivity index (χ3n) is 2.86. The monoisotopic (exact) mass is 300 g/mol. The predicted octanol–water partition coefficient (Wildman–Crippen LogP) is 1.65. The lowest BCUT2D eigenvalue weighted by Gasteiger charge is -2.17. The van der Waals surface area contributed by atoms with E-state index in [1.165, 1.54) is 19.2 Å². The van der Waals surface area contributed by atoms with Gasteiger partial charge >= 0.3 is 5.97 Å². The molecule has 7 heteroatoms. The summed E-state index contributed by atoms with van der Waals surface area (Å²) in [4.78, 5) is 10.9. The number of sulfonamides is 1. The number of rotatable bonds is 8. The number of carboxylic acids is 1. The number of anilines is 1. The Morgan fingerprint density at radius 2 is 1.90 bits per heavy atom. The topological polar surface area (TPSA) is 95.5 Å². The molecule has 0 aromatic heterocycles. The molecule has 0 heterocycles. The first kappa shape index (κ1) is 16.5. The second-order valence-corrected chi connectivity index (χ2v) is 6.35. The van der Waals surface area contributed by atoms with Gasteiger partial charge in [-0.2, -0.15) is 0 Å². The van der Waals surface area contributed by atoms with Gasteiger partial charge in [-0.05, 0) is 37.7 Å². The quantitative estimate of drug-likeness (QED) is 0.678. The van der Waals surface area contributed by atoms with E-state index in [1.807, 2.05) is 6.92 Å². The minimum absolute atomic E-state index is 0.0321. The lowest BCUT2D eigenvalue weighted by Crippen LogP contribution is -2.23. The van der Waals surface area contributed by atoms with E-state index in [1.54, 1.807) is 12.1 Å². The van der Waals surface area contributed by atoms with Crippen LogP contribution in [0.4, 0.5) is 5.69 Å². The normalized spacial score (nSPS) is 12.9. The van der Waals surface area contributed by atoms with E-state index in [9.17, 15) is 13.2 Å². The molecule has 1 rings (SSSR count). The van der Waals surface area contributed by atoms with Crippen molar-refractivity contribution < 1.29 is 18.3 Å². The molecule has 3 N–H and O–H groups in total. The minimum Gasteiger partial charge on any atom is -0.481 e. The average Bonchev–Trinajstić information content (AvgIpc) is 2.39. The third kappa shape index (κ3) is 4.82. The summed E-state index contributed by atoms with van der Waals surface area (Å²) in [6.45, 7) is 1.99. The van der Waals surface area contributed by atoms with E-state index in [0.717, 1.165) is 12.8 Å². The molecule has 112 valence electrons. The summed E-state index contributed by atoms with van der Waals surface area (Å²) in [6.07, 6.45) is 1.64. The van der Waals surface area contributed by atoms with Gasteiger partial charge in [0.05, 0.1) is 11.3 Å². The Hall–Kier alpha value is -1.60. The van der Waals surface area contributed by atoms with E-state index in [2.05, 4.69) is 10.0 Å². The molecule has 0 amide bonds. The molecule has 0 aliphatic heterocycles. The van der Waals surface area contributed by atoms with Gasteiger partial charge in [-0.3, -0.25) is 4.79 Å². The van der Waals surface area contributed by atoms with Crippen LogP contribution in [-0.2, 0) is 14.8 Å². The molecule has 0 spiro atoms. The van der Waals surface area contributed by atoms with Crippen LogP contribution in [0.15, 0.2) is 29.2 Å². The largest absolute Gasteiger partial charge is 0.481 e. The van der Waals surface area contributed by atoms with Gasteiger partial charge in [0.25, 0.3) is 0 Å². The summed E-state index contributed by atoms with van der Waals surface area (Å²) < 4.78 is 25.4. The summed E-state index contributed by atoms with van der Waals surface area (Å²) in [5, 5.41) is 12.0. The molecule has 0 bridgehead atoms. The van der Waals surface area contributed by atoms with Gasteiger partial charge in [-0.25, -0.2) is 13.1 Å². The Balaban J connectivity index is 2.80. The fourth-order valence-electron chi connectivity index (χ4n) is 1.87. The molecule has 6 nitrogen and oxygen atoms in total. The van der Waals surface area contributed by atoms with Gasteiger partial charge in [0, 0.05) is 11.7 Å². The van der Waals surface area contributed by atoms with E-state index < -0.39 is 16.0 Å². The SMILES string of the molecule is CCCC(CC(=O)O)Nc1ccc(S(=O)(=O)NC)cc1. The van der Waals surface area contributed by atoms with Crippen molar-refractivity contribution in [1.29, 1.82) is 0 Å². The number of benzene rings is 1. The van der Waals surface area contributed by atoms with Crippen LogP contribution in [-0.4, -0.2) is 32.6 Å².